The second-order valence-electron chi connectivity index (χ2n) is 12.0. The molecule has 17 nitrogen and oxygen atoms in total. The van der Waals surface area contributed by atoms with Gasteiger partial charge in [-0.1, -0.05) is 32.0 Å². The Morgan fingerprint density at radius 1 is 1.12 bits per heavy atom. The van der Waals surface area contributed by atoms with Crippen molar-refractivity contribution in [3.63, 3.8) is 0 Å². The van der Waals surface area contributed by atoms with Crippen molar-refractivity contribution < 1.29 is 51.7 Å². The van der Waals surface area contributed by atoms with Crippen molar-refractivity contribution in [1.82, 2.24) is 19.7 Å². The lowest BCUT2D eigenvalue weighted by Gasteiger charge is -2.30. The quantitative estimate of drug-likeness (QED) is 0.130. The van der Waals surface area contributed by atoms with E-state index >= 15 is 0 Å². The maximum absolute atomic E-state index is 14.5. The van der Waals surface area contributed by atoms with Crippen LogP contribution >= 0.6 is 7.75 Å². The Morgan fingerprint density at radius 2 is 1.82 bits per heavy atom. The van der Waals surface area contributed by atoms with Crippen LogP contribution in [0.1, 0.15) is 58.3 Å². The smallest absolute Gasteiger partial charge is 0.459 e. The summed E-state index contributed by atoms with van der Waals surface area (Å²) in [6.45, 7) is 4.99. The Labute approximate surface area is 294 Å². The number of carbonyl (C=O) groups is 3. The number of para-hydroxylation sites is 1. The number of nitrogens with one attached hydrogen (secondary N) is 1. The van der Waals surface area contributed by atoms with Crippen molar-refractivity contribution in [2.24, 2.45) is 5.92 Å². The molecule has 2 saturated heterocycles. The zero-order valence-electron chi connectivity index (χ0n) is 28.5. The Hall–Kier alpha value is -4.59. The minimum Gasteiger partial charge on any atom is -0.464 e. The zero-order valence-corrected chi connectivity index (χ0v) is 29.4. The molecule has 0 amide bonds. The molecule has 274 valence electrons. The molecule has 0 unspecified atom stereocenters. The number of carbonyl (C=O) groups excluding carboxylic acids is 3. The van der Waals surface area contributed by atoms with Gasteiger partial charge in [0.1, 0.15) is 42.4 Å². The lowest BCUT2D eigenvalue weighted by Crippen LogP contribution is -2.49. The van der Waals surface area contributed by atoms with E-state index in [2.05, 4.69) is 15.2 Å². The van der Waals surface area contributed by atoms with Crippen LogP contribution in [0.4, 0.5) is 5.82 Å². The standard InChI is InChI=1S/C33H41N6O11P/c1-4-26(40)47-29-28(24-11-12-25-31(35)36-20-37-39(24)25)49-33(18-34,30(29)48-27(41)5-2)19-46-51(43,50-23-9-7-6-8-10-23)38-21(3)32(42)45-17-22-13-15-44-16-14-22/h6-12,20-22,28-30H,4-5,13-17,19H2,1-3H3,(H,38,43)(H2,35,36,37)/t21-,28-,29-,30-,33+,51-/m0/s1. The van der Waals surface area contributed by atoms with Gasteiger partial charge < -0.3 is 33.9 Å². The molecule has 2 aliphatic rings. The molecule has 2 aliphatic heterocycles. The molecular weight excluding hydrogens is 687 g/mol. The van der Waals surface area contributed by atoms with Gasteiger partial charge in [-0.2, -0.15) is 15.4 Å². The van der Waals surface area contributed by atoms with E-state index < -0.39 is 62.2 Å². The third-order valence-corrected chi connectivity index (χ3v) is 10.0. The van der Waals surface area contributed by atoms with Gasteiger partial charge in [-0.15, -0.1) is 0 Å². The molecule has 0 radical (unpaired) electrons. The summed E-state index contributed by atoms with van der Waals surface area (Å²) in [6, 6.07) is 12.0. The molecule has 0 bridgehead atoms. The Morgan fingerprint density at radius 3 is 2.51 bits per heavy atom. The first-order valence-corrected chi connectivity index (χ1v) is 18.1. The number of benzene rings is 1. The number of nitriles is 1. The van der Waals surface area contributed by atoms with Gasteiger partial charge in [0.05, 0.1) is 12.3 Å². The number of hydrogen-bond acceptors (Lipinski definition) is 15. The number of aromatic nitrogens is 3. The lowest BCUT2D eigenvalue weighted by molar-refractivity contribution is -0.169. The van der Waals surface area contributed by atoms with Crippen LogP contribution in [0.2, 0.25) is 0 Å². The minimum atomic E-state index is -4.55. The van der Waals surface area contributed by atoms with Crippen molar-refractivity contribution in [1.29, 1.82) is 5.26 Å². The topological polar surface area (TPSA) is 225 Å². The first-order valence-electron chi connectivity index (χ1n) is 16.6. The highest BCUT2D eigenvalue weighted by atomic mass is 31.2. The fraction of sp³-hybridized carbons (Fsp3) is 0.515. The molecule has 0 aliphatic carbocycles. The Bertz CT molecular complexity index is 1780. The van der Waals surface area contributed by atoms with Gasteiger partial charge in [-0.05, 0) is 49.9 Å². The van der Waals surface area contributed by atoms with Crippen molar-refractivity contribution >= 4 is 37.0 Å². The fourth-order valence-electron chi connectivity index (χ4n) is 5.61. The van der Waals surface area contributed by atoms with Crippen LogP contribution in [0, 0.1) is 17.2 Å². The SMILES string of the molecule is CCC(=O)O[C@H]1[C@H](c2ccc3c(N)ncnn23)O[C@](C#N)(CO[P@@](=O)(N[C@@H](C)C(=O)OCC2CCOCC2)Oc2ccccc2)[C@H]1OC(=O)CC. The number of hydrogen-bond donors (Lipinski definition) is 2. The molecular formula is C33H41N6O11P. The largest absolute Gasteiger partial charge is 0.464 e. The first-order chi connectivity index (χ1) is 24.5. The molecule has 3 N–H and O–H groups in total. The summed E-state index contributed by atoms with van der Waals surface area (Å²) in [6.07, 6.45) is -1.71. The summed E-state index contributed by atoms with van der Waals surface area (Å²) in [5, 5.41) is 17.6. The van der Waals surface area contributed by atoms with Gasteiger partial charge in [0.25, 0.3) is 0 Å². The van der Waals surface area contributed by atoms with Crippen LogP contribution in [0.15, 0.2) is 48.8 Å². The third kappa shape index (κ3) is 8.84. The molecule has 2 fully saturated rings. The van der Waals surface area contributed by atoms with Gasteiger partial charge in [0.2, 0.25) is 5.60 Å². The minimum absolute atomic E-state index is 0.0513. The van der Waals surface area contributed by atoms with Crippen molar-refractivity contribution in [2.75, 3.05) is 32.2 Å². The molecule has 0 spiro atoms. The van der Waals surface area contributed by atoms with E-state index in [-0.39, 0.29) is 42.6 Å². The zero-order chi connectivity index (χ0) is 36.6. The van der Waals surface area contributed by atoms with Gasteiger partial charge in [0, 0.05) is 26.1 Å². The number of fused-ring (bicyclic) bond motifs is 1. The van der Waals surface area contributed by atoms with E-state index in [1.807, 2.05) is 6.07 Å². The van der Waals surface area contributed by atoms with Gasteiger partial charge in [0.15, 0.2) is 18.0 Å². The highest BCUT2D eigenvalue weighted by molar-refractivity contribution is 7.52. The maximum Gasteiger partial charge on any atom is 0.459 e. The summed E-state index contributed by atoms with van der Waals surface area (Å²) in [4.78, 5) is 42.6. The van der Waals surface area contributed by atoms with Crippen LogP contribution in [0.5, 0.6) is 5.75 Å². The number of anilines is 1. The van der Waals surface area contributed by atoms with E-state index in [9.17, 15) is 24.2 Å². The number of nitrogen functional groups attached to an aromatic ring is 1. The summed E-state index contributed by atoms with van der Waals surface area (Å²) in [5.41, 5.74) is 4.49. The molecule has 0 saturated carbocycles. The molecule has 3 aromatic rings. The fourth-order valence-corrected chi connectivity index (χ4v) is 7.13. The van der Waals surface area contributed by atoms with Crippen LogP contribution in [-0.2, 0) is 47.2 Å². The predicted octanol–water partition coefficient (Wildman–Crippen LogP) is 3.44. The number of rotatable bonds is 15. The van der Waals surface area contributed by atoms with E-state index in [1.165, 1.54) is 29.9 Å². The van der Waals surface area contributed by atoms with E-state index in [0.29, 0.717) is 18.7 Å². The number of nitrogens with zero attached hydrogens (tertiary/aromatic N) is 4. The molecule has 51 heavy (non-hydrogen) atoms. The number of esters is 3. The number of ether oxygens (including phenoxy) is 5. The lowest BCUT2D eigenvalue weighted by atomic mass is 9.95. The van der Waals surface area contributed by atoms with Crippen molar-refractivity contribution in [3.05, 3.63) is 54.5 Å². The van der Waals surface area contributed by atoms with Crippen LogP contribution < -0.4 is 15.3 Å². The molecule has 2 aromatic heterocycles. The Kier molecular flexibility index (Phi) is 12.3. The molecule has 5 rings (SSSR count). The van der Waals surface area contributed by atoms with Gasteiger partial charge in [-0.25, -0.2) is 14.1 Å². The molecule has 18 heteroatoms. The van der Waals surface area contributed by atoms with E-state index in [1.54, 1.807) is 44.2 Å². The van der Waals surface area contributed by atoms with Crippen LogP contribution in [0.25, 0.3) is 5.52 Å². The van der Waals surface area contributed by atoms with E-state index in [0.717, 1.165) is 12.8 Å². The van der Waals surface area contributed by atoms with Crippen LogP contribution in [0.3, 0.4) is 0 Å². The van der Waals surface area contributed by atoms with Crippen LogP contribution in [-0.4, -0.2) is 82.8 Å². The average Bonchev–Trinajstić information content (AvgIpc) is 3.70. The molecule has 6 atom stereocenters. The number of nitrogens with two attached hydrogens (primary N) is 1. The monoisotopic (exact) mass is 728 g/mol. The third-order valence-electron chi connectivity index (χ3n) is 8.41. The van der Waals surface area contributed by atoms with Crippen molar-refractivity contribution in [3.8, 4) is 11.8 Å². The van der Waals surface area contributed by atoms with E-state index in [4.69, 9.17) is 38.5 Å². The van der Waals surface area contributed by atoms with Gasteiger partial charge in [-0.3, -0.25) is 18.9 Å². The normalized spacial score (nSPS) is 23.8. The highest BCUT2D eigenvalue weighted by Crippen LogP contribution is 2.50. The second-order valence-corrected chi connectivity index (χ2v) is 13.7. The summed E-state index contributed by atoms with van der Waals surface area (Å²) in [5.74, 6) is -1.74. The first kappa shape index (κ1) is 37.7. The molecule has 1 aromatic carbocycles. The predicted molar refractivity (Wildman–Crippen MR) is 178 cm³/mol. The van der Waals surface area contributed by atoms with Gasteiger partial charge >= 0.3 is 25.7 Å². The Balaban J connectivity index is 1.47. The maximum atomic E-state index is 14.5. The molecule has 4 heterocycles. The second kappa shape index (κ2) is 16.6. The van der Waals surface area contributed by atoms with Crippen molar-refractivity contribution in [2.45, 2.75) is 76.4 Å². The summed E-state index contributed by atoms with van der Waals surface area (Å²) < 4.78 is 56.2. The average molecular weight is 729 g/mol. The summed E-state index contributed by atoms with van der Waals surface area (Å²) >= 11 is 0. The summed E-state index contributed by atoms with van der Waals surface area (Å²) in [7, 11) is -4.55. The highest BCUT2D eigenvalue weighted by Gasteiger charge is 2.62.